The highest BCUT2D eigenvalue weighted by Gasteiger charge is 2.36. The van der Waals surface area contributed by atoms with Crippen molar-refractivity contribution in [1.29, 1.82) is 0 Å². The van der Waals surface area contributed by atoms with E-state index in [4.69, 9.17) is 0 Å². The third-order valence-corrected chi connectivity index (χ3v) is 7.41. The van der Waals surface area contributed by atoms with Gasteiger partial charge in [0.25, 0.3) is 11.5 Å². The van der Waals surface area contributed by atoms with Gasteiger partial charge in [-0.2, -0.15) is 0 Å². The summed E-state index contributed by atoms with van der Waals surface area (Å²) in [5, 5.41) is 0. The number of amides is 1. The second-order valence-electron chi connectivity index (χ2n) is 9.31. The molecule has 7 heteroatoms. The number of halogens is 1. The normalized spacial score (nSPS) is 14.8. The van der Waals surface area contributed by atoms with Crippen LogP contribution in [0.4, 0.5) is 0 Å². The van der Waals surface area contributed by atoms with Crippen molar-refractivity contribution >= 4 is 27.6 Å². The molecule has 0 saturated carbocycles. The summed E-state index contributed by atoms with van der Waals surface area (Å²) < 4.78 is 1.86. The Morgan fingerprint density at radius 2 is 1.21 bits per heavy atom. The molecule has 0 radical (unpaired) electrons. The third kappa shape index (κ3) is 5.54. The fourth-order valence-corrected chi connectivity index (χ4v) is 5.41. The molecule has 1 amide bonds. The number of ketones is 1. The Hall–Kier alpha value is -3.81. The summed E-state index contributed by atoms with van der Waals surface area (Å²) in [6.45, 7) is 2.19. The Kier molecular flexibility index (Phi) is 7.96. The van der Waals surface area contributed by atoms with Gasteiger partial charge in [0.15, 0.2) is 11.8 Å². The second kappa shape index (κ2) is 11.7. The highest BCUT2D eigenvalue weighted by Crippen LogP contribution is 2.30. The molecule has 5 rings (SSSR count). The lowest BCUT2D eigenvalue weighted by Gasteiger charge is -2.40. The molecule has 4 aromatic rings. The van der Waals surface area contributed by atoms with E-state index < -0.39 is 17.4 Å². The zero-order valence-corrected chi connectivity index (χ0v) is 22.4. The molecule has 1 aliphatic rings. The van der Waals surface area contributed by atoms with Gasteiger partial charge in [0.05, 0.1) is 6.04 Å². The molecular formula is C31H28BrN3O3. The maximum absolute atomic E-state index is 13.9. The summed E-state index contributed by atoms with van der Waals surface area (Å²) in [4.78, 5) is 44.4. The topological polar surface area (TPSA) is 62.6 Å². The molecule has 0 aliphatic carbocycles. The maximum Gasteiger partial charge on any atom is 0.253 e. The van der Waals surface area contributed by atoms with Gasteiger partial charge in [0.2, 0.25) is 0 Å². The number of hydrogen-bond donors (Lipinski definition) is 0. The second-order valence-corrected chi connectivity index (χ2v) is 10.2. The first kappa shape index (κ1) is 25.8. The smallest absolute Gasteiger partial charge is 0.253 e. The van der Waals surface area contributed by atoms with Crippen molar-refractivity contribution in [3.05, 3.63) is 141 Å². The van der Waals surface area contributed by atoms with Crippen molar-refractivity contribution in [3.63, 3.8) is 0 Å². The van der Waals surface area contributed by atoms with Gasteiger partial charge in [-0.05, 0) is 33.1 Å². The quantitative estimate of drug-likeness (QED) is 0.233. The molecule has 6 nitrogen and oxygen atoms in total. The van der Waals surface area contributed by atoms with Gasteiger partial charge in [0.1, 0.15) is 0 Å². The summed E-state index contributed by atoms with van der Waals surface area (Å²) >= 11 is 3.38. The van der Waals surface area contributed by atoms with Crippen LogP contribution >= 0.6 is 15.9 Å². The standard InChI is InChI=1S/C31H28BrN3O3/c32-26-16-17-27(36)35(22-26)29(30(37)25-14-8-3-9-15-25)31(38)34-20-18-33(19-21-34)28(23-10-4-1-5-11-23)24-12-6-2-7-13-24/h1-17,22,28-29H,18-21H2. The van der Waals surface area contributed by atoms with Gasteiger partial charge >= 0.3 is 0 Å². The van der Waals surface area contributed by atoms with Gasteiger partial charge in [-0.1, -0.05) is 91.0 Å². The van der Waals surface area contributed by atoms with E-state index in [0.717, 1.165) is 0 Å². The molecule has 0 N–H and O–H groups in total. The Bertz CT molecular complexity index is 1410. The van der Waals surface area contributed by atoms with E-state index in [2.05, 4.69) is 45.1 Å². The van der Waals surface area contributed by atoms with Crippen molar-refractivity contribution in [1.82, 2.24) is 14.4 Å². The number of carbonyl (C=O) groups excluding carboxylic acids is 2. The molecule has 1 aromatic heterocycles. The van der Waals surface area contributed by atoms with Crippen molar-refractivity contribution in [2.75, 3.05) is 26.2 Å². The molecule has 2 heterocycles. The fraction of sp³-hybridized carbons (Fsp3) is 0.194. The number of Topliss-reactive ketones (excluding diaryl/α,β-unsaturated/α-hetero) is 1. The Balaban J connectivity index is 1.41. The van der Waals surface area contributed by atoms with Crippen LogP contribution in [0.3, 0.4) is 0 Å². The molecular weight excluding hydrogens is 542 g/mol. The van der Waals surface area contributed by atoms with Crippen molar-refractivity contribution in [3.8, 4) is 0 Å². The zero-order chi connectivity index (χ0) is 26.5. The molecule has 1 saturated heterocycles. The largest absolute Gasteiger partial charge is 0.338 e. The summed E-state index contributed by atoms with van der Waals surface area (Å²) in [5.74, 6) is -0.764. The fourth-order valence-electron chi connectivity index (χ4n) is 5.05. The number of piperazine rings is 1. The van der Waals surface area contributed by atoms with E-state index >= 15 is 0 Å². The molecule has 0 spiro atoms. The van der Waals surface area contributed by atoms with E-state index in [0.29, 0.717) is 36.2 Å². The van der Waals surface area contributed by atoms with Crippen LogP contribution in [-0.4, -0.2) is 52.2 Å². The maximum atomic E-state index is 13.9. The van der Waals surface area contributed by atoms with Gasteiger partial charge < -0.3 is 4.90 Å². The predicted molar refractivity (Wildman–Crippen MR) is 151 cm³/mol. The molecule has 1 unspecified atom stereocenters. The minimum atomic E-state index is -1.27. The third-order valence-electron chi connectivity index (χ3n) is 6.94. The first-order valence-corrected chi connectivity index (χ1v) is 13.4. The number of benzene rings is 3. The van der Waals surface area contributed by atoms with E-state index in [9.17, 15) is 14.4 Å². The molecule has 38 heavy (non-hydrogen) atoms. The molecule has 1 atom stereocenters. The number of pyridine rings is 1. The summed E-state index contributed by atoms with van der Waals surface area (Å²) in [6, 6.07) is 31.1. The lowest BCUT2D eigenvalue weighted by atomic mass is 9.96. The predicted octanol–water partition coefficient (Wildman–Crippen LogP) is 4.97. The molecule has 0 bridgehead atoms. The van der Waals surface area contributed by atoms with Gasteiger partial charge in [0, 0.05) is 48.5 Å². The van der Waals surface area contributed by atoms with Crippen LogP contribution in [-0.2, 0) is 4.79 Å². The van der Waals surface area contributed by atoms with E-state index in [1.165, 1.54) is 28.0 Å². The molecule has 1 aliphatic heterocycles. The average Bonchev–Trinajstić information content (AvgIpc) is 2.97. The Morgan fingerprint density at radius 1 is 0.684 bits per heavy atom. The Labute approximate surface area is 230 Å². The van der Waals surface area contributed by atoms with Crippen molar-refractivity contribution in [2.24, 2.45) is 0 Å². The number of aromatic nitrogens is 1. The van der Waals surface area contributed by atoms with Crippen LogP contribution in [0.15, 0.2) is 119 Å². The summed E-state index contributed by atoms with van der Waals surface area (Å²) in [5.41, 5.74) is 2.37. The van der Waals surface area contributed by atoms with Gasteiger partial charge in [-0.3, -0.25) is 23.9 Å². The minimum absolute atomic E-state index is 0.0593. The number of nitrogens with zero attached hydrogens (tertiary/aromatic N) is 3. The minimum Gasteiger partial charge on any atom is -0.338 e. The zero-order valence-electron chi connectivity index (χ0n) is 20.8. The first-order valence-electron chi connectivity index (χ1n) is 12.6. The van der Waals surface area contributed by atoms with Crippen molar-refractivity contribution < 1.29 is 9.59 Å². The monoisotopic (exact) mass is 569 g/mol. The van der Waals surface area contributed by atoms with E-state index in [-0.39, 0.29) is 11.9 Å². The van der Waals surface area contributed by atoms with Gasteiger partial charge in [-0.25, -0.2) is 0 Å². The van der Waals surface area contributed by atoms with Crippen molar-refractivity contribution in [2.45, 2.75) is 12.1 Å². The molecule has 3 aromatic carbocycles. The highest BCUT2D eigenvalue weighted by atomic mass is 79.9. The van der Waals surface area contributed by atoms with Crippen LogP contribution < -0.4 is 5.56 Å². The average molecular weight is 570 g/mol. The molecule has 1 fully saturated rings. The SMILES string of the molecule is O=C(c1ccccc1)C(C(=O)N1CCN(C(c2ccccc2)c2ccccc2)CC1)n1cc(Br)ccc1=O. The number of hydrogen-bond acceptors (Lipinski definition) is 4. The van der Waals surface area contributed by atoms with Gasteiger partial charge in [-0.15, -0.1) is 0 Å². The lowest BCUT2D eigenvalue weighted by molar-refractivity contribution is -0.135. The van der Waals surface area contributed by atoms with Crippen LogP contribution in [0.2, 0.25) is 0 Å². The number of rotatable bonds is 7. The molecule has 192 valence electrons. The van der Waals surface area contributed by atoms with E-state index in [1.807, 2.05) is 42.5 Å². The summed E-state index contributed by atoms with van der Waals surface area (Å²) in [6.07, 6.45) is 1.52. The number of carbonyl (C=O) groups is 2. The van der Waals surface area contributed by atoms with Crippen LogP contribution in [0.25, 0.3) is 0 Å². The van der Waals surface area contributed by atoms with Crippen LogP contribution in [0, 0.1) is 0 Å². The Morgan fingerprint density at radius 3 is 1.76 bits per heavy atom. The first-order chi connectivity index (χ1) is 18.5. The lowest BCUT2D eigenvalue weighted by Crippen LogP contribution is -2.53. The highest BCUT2D eigenvalue weighted by molar-refractivity contribution is 9.10. The van der Waals surface area contributed by atoms with Crippen LogP contribution in [0.1, 0.15) is 33.6 Å². The summed E-state index contributed by atoms with van der Waals surface area (Å²) in [7, 11) is 0. The van der Waals surface area contributed by atoms with E-state index in [1.54, 1.807) is 35.2 Å². The van der Waals surface area contributed by atoms with Crippen LogP contribution in [0.5, 0.6) is 0 Å².